The zero-order valence-electron chi connectivity index (χ0n) is 6.51. The predicted octanol–water partition coefficient (Wildman–Crippen LogP) is -2.24. The number of aliphatic hydroxyl groups excluding tert-OH is 3. The molecule has 8 heteroatoms. The van der Waals surface area contributed by atoms with Gasteiger partial charge in [-0.15, -0.1) is 0 Å². The fraction of sp³-hybridized carbons (Fsp3) is 1.00. The first-order valence-electron chi connectivity index (χ1n) is 2.60. The lowest BCUT2D eigenvalue weighted by Crippen LogP contribution is -2.49. The van der Waals surface area contributed by atoms with Gasteiger partial charge in [0.2, 0.25) is 0 Å². The summed E-state index contributed by atoms with van der Waals surface area (Å²) in [4.78, 5) is 9.14. The molecule has 0 aliphatic carbocycles. The first kappa shape index (κ1) is 17.4. The fourth-order valence-corrected chi connectivity index (χ4v) is 0.323. The summed E-state index contributed by atoms with van der Waals surface area (Å²) < 4.78 is 0. The third-order valence-electron chi connectivity index (χ3n) is 1.27. The van der Waals surface area contributed by atoms with Gasteiger partial charge in [0.05, 0.1) is 0 Å². The topological polar surface area (TPSA) is 139 Å². The molecule has 0 heterocycles. The molecule has 71 valence electrons. The summed E-state index contributed by atoms with van der Waals surface area (Å²) in [7, 11) is 0. The Bertz CT molecular complexity index is 120. The minimum atomic E-state index is -1.99. The van der Waals surface area contributed by atoms with Gasteiger partial charge in [0.1, 0.15) is 19.8 Å². The van der Waals surface area contributed by atoms with E-state index in [-0.39, 0.29) is 14.6 Å². The van der Waals surface area contributed by atoms with Gasteiger partial charge >= 0.3 is 0 Å². The van der Waals surface area contributed by atoms with Crippen LogP contribution in [-0.4, -0.2) is 54.0 Å². The van der Waals surface area contributed by atoms with Crippen molar-refractivity contribution >= 4 is 8.41 Å². The van der Waals surface area contributed by atoms with Gasteiger partial charge in [-0.25, -0.2) is 0 Å². The molecular formula is C4H12BN2O5. The second-order valence-electron chi connectivity index (χ2n) is 1.96. The summed E-state index contributed by atoms with van der Waals surface area (Å²) in [5.74, 6) is 0. The van der Waals surface area contributed by atoms with E-state index in [1.807, 2.05) is 0 Å². The first-order valence-corrected chi connectivity index (χ1v) is 2.60. The molecule has 0 bridgehead atoms. The van der Waals surface area contributed by atoms with E-state index in [4.69, 9.17) is 15.3 Å². The third-order valence-corrected chi connectivity index (χ3v) is 1.27. The van der Waals surface area contributed by atoms with Crippen molar-refractivity contribution in [3.63, 3.8) is 0 Å². The van der Waals surface area contributed by atoms with Crippen molar-refractivity contribution < 1.29 is 20.2 Å². The van der Waals surface area contributed by atoms with Gasteiger partial charge in [0.15, 0.2) is 0 Å². The summed E-state index contributed by atoms with van der Waals surface area (Å²) in [5.41, 5.74) is -1.99. The van der Waals surface area contributed by atoms with Crippen LogP contribution in [0.15, 0.2) is 0 Å². The van der Waals surface area contributed by atoms with Crippen molar-refractivity contribution in [2.75, 3.05) is 19.8 Å². The molecule has 0 unspecified atom stereocenters. The molecular weight excluding hydrogens is 167 g/mol. The number of aliphatic hydroxyl groups is 3. The maximum atomic E-state index is 10.0. The standard InChI is InChI=1S/C4H9NO5.B.H3N/c6-1-4(2-7,3-8)5(9)10;;/h6-8H,1-3H2;;1H3. The largest absolute Gasteiger partial charge is 0.389 e. The fourth-order valence-electron chi connectivity index (χ4n) is 0.323. The highest BCUT2D eigenvalue weighted by molar-refractivity contribution is 5.75. The van der Waals surface area contributed by atoms with Crippen LogP contribution >= 0.6 is 0 Å². The summed E-state index contributed by atoms with van der Waals surface area (Å²) in [5, 5.41) is 35.2. The molecule has 0 rings (SSSR count). The lowest BCUT2D eigenvalue weighted by molar-refractivity contribution is -0.580. The molecule has 0 aromatic carbocycles. The highest BCUT2D eigenvalue weighted by Gasteiger charge is 2.41. The second-order valence-corrected chi connectivity index (χ2v) is 1.96. The van der Waals surface area contributed by atoms with Crippen LogP contribution in [0.2, 0.25) is 0 Å². The molecule has 6 N–H and O–H groups in total. The van der Waals surface area contributed by atoms with Crippen molar-refractivity contribution in [3.8, 4) is 0 Å². The van der Waals surface area contributed by atoms with Crippen LogP contribution in [0.25, 0.3) is 0 Å². The van der Waals surface area contributed by atoms with Crippen molar-refractivity contribution in [1.82, 2.24) is 6.15 Å². The molecule has 0 aliphatic heterocycles. The number of nitrogens with zero attached hydrogens (tertiary/aromatic N) is 1. The minimum Gasteiger partial charge on any atom is -0.389 e. The zero-order chi connectivity index (χ0) is 8.20. The number of hydrogen-bond donors (Lipinski definition) is 4. The van der Waals surface area contributed by atoms with E-state index in [0.29, 0.717) is 0 Å². The van der Waals surface area contributed by atoms with Crippen LogP contribution in [0, 0.1) is 10.1 Å². The molecule has 0 aromatic rings. The van der Waals surface area contributed by atoms with Gasteiger partial charge in [-0.2, -0.15) is 0 Å². The van der Waals surface area contributed by atoms with Crippen molar-refractivity contribution in [1.29, 1.82) is 0 Å². The molecule has 0 fully saturated rings. The molecule has 0 saturated carbocycles. The highest BCUT2D eigenvalue weighted by Crippen LogP contribution is 2.05. The van der Waals surface area contributed by atoms with Gasteiger partial charge in [-0.05, 0) is 0 Å². The Morgan fingerprint density at radius 2 is 1.42 bits per heavy atom. The van der Waals surface area contributed by atoms with Crippen molar-refractivity contribution in [2.45, 2.75) is 5.54 Å². The van der Waals surface area contributed by atoms with Crippen LogP contribution in [-0.2, 0) is 0 Å². The van der Waals surface area contributed by atoms with E-state index in [1.165, 1.54) is 0 Å². The van der Waals surface area contributed by atoms with E-state index in [2.05, 4.69) is 0 Å². The zero-order valence-corrected chi connectivity index (χ0v) is 6.51. The van der Waals surface area contributed by atoms with E-state index >= 15 is 0 Å². The Balaban J connectivity index is -0.000000405. The van der Waals surface area contributed by atoms with Crippen LogP contribution in [0.3, 0.4) is 0 Å². The van der Waals surface area contributed by atoms with Crippen molar-refractivity contribution in [3.05, 3.63) is 10.1 Å². The van der Waals surface area contributed by atoms with Crippen LogP contribution < -0.4 is 6.15 Å². The smallest absolute Gasteiger partial charge is 0.289 e. The molecule has 7 nitrogen and oxygen atoms in total. The number of hydrogen-bond acceptors (Lipinski definition) is 6. The predicted molar refractivity (Wildman–Crippen MR) is 41.8 cm³/mol. The summed E-state index contributed by atoms with van der Waals surface area (Å²) >= 11 is 0. The van der Waals surface area contributed by atoms with Crippen LogP contribution in [0.5, 0.6) is 0 Å². The van der Waals surface area contributed by atoms with E-state index in [1.54, 1.807) is 0 Å². The molecule has 0 amide bonds. The lowest BCUT2D eigenvalue weighted by atomic mass is 10.1. The Kier molecular flexibility index (Phi) is 10.1. The Morgan fingerprint density at radius 3 is 1.42 bits per heavy atom. The number of nitro groups is 1. The molecule has 0 spiro atoms. The monoisotopic (exact) mass is 179 g/mol. The number of rotatable bonds is 4. The van der Waals surface area contributed by atoms with Gasteiger partial charge in [-0.3, -0.25) is 10.1 Å². The molecule has 0 saturated heterocycles. The maximum Gasteiger partial charge on any atom is 0.289 e. The quantitative estimate of drug-likeness (QED) is 0.218. The summed E-state index contributed by atoms with van der Waals surface area (Å²) in [6, 6.07) is 0. The molecule has 3 radical (unpaired) electrons. The molecule has 0 aliphatic rings. The van der Waals surface area contributed by atoms with E-state index in [0.717, 1.165) is 0 Å². The highest BCUT2D eigenvalue weighted by atomic mass is 16.6. The average molecular weight is 179 g/mol. The van der Waals surface area contributed by atoms with Gasteiger partial charge in [0.25, 0.3) is 5.54 Å². The minimum absolute atomic E-state index is 0. The Morgan fingerprint density at radius 1 is 1.17 bits per heavy atom. The van der Waals surface area contributed by atoms with Crippen LogP contribution in [0.1, 0.15) is 0 Å². The molecule has 0 atom stereocenters. The average Bonchev–Trinajstić information content (AvgIpc) is 1.92. The maximum absolute atomic E-state index is 10.0. The molecule has 12 heavy (non-hydrogen) atoms. The van der Waals surface area contributed by atoms with Crippen LogP contribution in [0.4, 0.5) is 0 Å². The van der Waals surface area contributed by atoms with Gasteiger partial charge in [-0.1, -0.05) is 0 Å². The Hall–Kier alpha value is -0.695. The van der Waals surface area contributed by atoms with Gasteiger partial charge in [0, 0.05) is 13.3 Å². The van der Waals surface area contributed by atoms with Crippen molar-refractivity contribution in [2.24, 2.45) is 0 Å². The second kappa shape index (κ2) is 6.98. The lowest BCUT2D eigenvalue weighted by Gasteiger charge is -2.16. The van der Waals surface area contributed by atoms with Gasteiger partial charge < -0.3 is 21.5 Å². The Labute approximate surface area is 71.3 Å². The third kappa shape index (κ3) is 3.14. The molecule has 0 aromatic heterocycles. The normalized spacial score (nSPS) is 9.58. The summed E-state index contributed by atoms with van der Waals surface area (Å²) in [6.07, 6.45) is 0. The first-order chi connectivity index (χ1) is 4.63. The van der Waals surface area contributed by atoms with E-state index < -0.39 is 30.3 Å². The summed E-state index contributed by atoms with van der Waals surface area (Å²) in [6.45, 7) is -2.60. The van der Waals surface area contributed by atoms with E-state index in [9.17, 15) is 10.1 Å². The SMILES string of the molecule is N.O=[N+]([O-])C(CO)(CO)CO.[B].